The third-order valence-electron chi connectivity index (χ3n) is 6.52. The van der Waals surface area contributed by atoms with Crippen LogP contribution >= 0.6 is 0 Å². The van der Waals surface area contributed by atoms with Gasteiger partial charge in [0.25, 0.3) is 0 Å². The molecule has 0 fully saturated rings. The molecule has 0 aliphatic heterocycles. The standard InChI is InChI=1S/2C17H15.C2H6Si.2ClH.Zr/c2*1-12-6-8-14(9-7-12)16-5-3-4-15-10-13(2)11-17(15)16;1-3-2;;;/h2*3-11H,1-2H3;1-2H3;2*1H;/q2*-1;;;;+4/p-2. The Bertz CT molecular complexity index is 1470. The molecule has 0 atom stereocenters. The van der Waals surface area contributed by atoms with Crippen molar-refractivity contribution in [1.29, 1.82) is 0 Å². The van der Waals surface area contributed by atoms with Crippen molar-refractivity contribution in [2.75, 3.05) is 0 Å². The van der Waals surface area contributed by atoms with Crippen LogP contribution in [0.5, 0.6) is 0 Å². The van der Waals surface area contributed by atoms with Gasteiger partial charge in [0.1, 0.15) is 0 Å². The number of fused-ring (bicyclic) bond motifs is 2. The number of aryl methyl sites for hydroxylation is 4. The van der Waals surface area contributed by atoms with Gasteiger partial charge in [0.15, 0.2) is 0 Å². The molecule has 6 rings (SSSR count). The first kappa shape index (κ1) is 35.8. The Labute approximate surface area is 274 Å². The summed E-state index contributed by atoms with van der Waals surface area (Å²) in [6.45, 7) is 12.9. The van der Waals surface area contributed by atoms with Gasteiger partial charge >= 0.3 is 26.2 Å². The topological polar surface area (TPSA) is 0 Å². The molecule has 0 aliphatic carbocycles. The van der Waals surface area contributed by atoms with E-state index in [1.807, 2.05) is 0 Å². The molecule has 0 unspecified atom stereocenters. The molecular formula is C36H36Cl2SiZr. The Hall–Kier alpha value is -2.22. The van der Waals surface area contributed by atoms with Gasteiger partial charge in [-0.15, -0.1) is 69.1 Å². The van der Waals surface area contributed by atoms with Gasteiger partial charge in [-0.1, -0.05) is 110 Å². The van der Waals surface area contributed by atoms with Crippen molar-refractivity contribution in [3.05, 3.63) is 131 Å². The molecular weight excluding hydrogens is 623 g/mol. The molecule has 0 N–H and O–H groups in total. The fraction of sp³-hybridized carbons (Fsp3) is 0.167. The number of hydrogen-bond acceptors (Lipinski definition) is 0. The Morgan fingerprint density at radius 1 is 0.500 bits per heavy atom. The van der Waals surface area contributed by atoms with Crippen molar-refractivity contribution >= 4 is 31.1 Å². The molecule has 0 heterocycles. The predicted octanol–water partition coefficient (Wildman–Crippen LogP) is 4.48. The van der Waals surface area contributed by atoms with Gasteiger partial charge in [0, 0.05) is 9.52 Å². The second kappa shape index (κ2) is 16.9. The minimum absolute atomic E-state index is 0. The van der Waals surface area contributed by atoms with E-state index < -0.39 is 0 Å². The molecule has 0 nitrogen and oxygen atoms in total. The smallest absolute Gasteiger partial charge is 1.00 e. The first-order chi connectivity index (χ1) is 17.9. The van der Waals surface area contributed by atoms with Crippen LogP contribution in [0.3, 0.4) is 0 Å². The number of halogens is 2. The Kier molecular flexibility index (Phi) is 15.1. The summed E-state index contributed by atoms with van der Waals surface area (Å²) in [6.07, 6.45) is 0. The molecule has 2 radical (unpaired) electrons. The van der Waals surface area contributed by atoms with Gasteiger partial charge in [-0.25, -0.2) is 0 Å². The van der Waals surface area contributed by atoms with Crippen LogP contribution in [-0.2, 0) is 26.2 Å². The summed E-state index contributed by atoms with van der Waals surface area (Å²) in [6, 6.07) is 39.5. The first-order valence-electron chi connectivity index (χ1n) is 12.9. The summed E-state index contributed by atoms with van der Waals surface area (Å²) < 4.78 is 0. The van der Waals surface area contributed by atoms with E-state index in [9.17, 15) is 0 Å². The van der Waals surface area contributed by atoms with Crippen LogP contribution in [0.15, 0.2) is 109 Å². The summed E-state index contributed by atoms with van der Waals surface area (Å²) in [4.78, 5) is 0. The van der Waals surface area contributed by atoms with Gasteiger partial charge < -0.3 is 24.8 Å². The van der Waals surface area contributed by atoms with Crippen LogP contribution in [0.25, 0.3) is 43.8 Å². The average molecular weight is 659 g/mol. The minimum Gasteiger partial charge on any atom is -1.00 e. The van der Waals surface area contributed by atoms with E-state index in [0.717, 1.165) is 9.52 Å². The average Bonchev–Trinajstić information content (AvgIpc) is 3.46. The number of rotatable bonds is 2. The van der Waals surface area contributed by atoms with Crippen LogP contribution in [0.1, 0.15) is 22.3 Å². The first-order valence-corrected chi connectivity index (χ1v) is 14.9. The molecule has 202 valence electrons. The molecule has 0 saturated heterocycles. The molecule has 6 aromatic rings. The molecule has 40 heavy (non-hydrogen) atoms. The Balaban J connectivity index is 0.000000341. The van der Waals surface area contributed by atoms with Gasteiger partial charge in [0.2, 0.25) is 0 Å². The van der Waals surface area contributed by atoms with Crippen molar-refractivity contribution in [1.82, 2.24) is 0 Å². The Morgan fingerprint density at radius 3 is 1.15 bits per heavy atom. The van der Waals surface area contributed by atoms with Gasteiger partial charge in [0.05, 0.1) is 0 Å². The third-order valence-corrected chi connectivity index (χ3v) is 6.52. The fourth-order valence-corrected chi connectivity index (χ4v) is 4.74. The zero-order valence-corrected chi connectivity index (χ0v) is 29.1. The predicted molar refractivity (Wildman–Crippen MR) is 166 cm³/mol. The minimum atomic E-state index is 0. The van der Waals surface area contributed by atoms with E-state index in [1.54, 1.807) is 0 Å². The molecule has 0 amide bonds. The van der Waals surface area contributed by atoms with Gasteiger partial charge in [-0.05, 0) is 25.0 Å². The summed E-state index contributed by atoms with van der Waals surface area (Å²) in [7, 11) is 1.08. The van der Waals surface area contributed by atoms with E-state index in [1.165, 1.54) is 66.1 Å². The van der Waals surface area contributed by atoms with E-state index in [2.05, 4.69) is 150 Å². The summed E-state index contributed by atoms with van der Waals surface area (Å²) in [5.74, 6) is 0. The van der Waals surface area contributed by atoms with Crippen LogP contribution in [0.2, 0.25) is 13.1 Å². The largest absolute Gasteiger partial charge is 4.00 e. The third kappa shape index (κ3) is 8.89. The van der Waals surface area contributed by atoms with Crippen molar-refractivity contribution in [2.24, 2.45) is 0 Å². The maximum atomic E-state index is 2.27. The molecule has 0 spiro atoms. The van der Waals surface area contributed by atoms with Crippen LogP contribution in [0, 0.1) is 27.7 Å². The van der Waals surface area contributed by atoms with E-state index in [0.29, 0.717) is 0 Å². The van der Waals surface area contributed by atoms with Crippen molar-refractivity contribution in [2.45, 2.75) is 40.8 Å². The van der Waals surface area contributed by atoms with Crippen molar-refractivity contribution < 1.29 is 51.0 Å². The number of hydrogen-bond donors (Lipinski definition) is 0. The second-order valence-corrected chi connectivity index (χ2v) is 10.9. The molecule has 0 aliphatic rings. The van der Waals surface area contributed by atoms with Crippen LogP contribution in [-0.4, -0.2) is 9.52 Å². The summed E-state index contributed by atoms with van der Waals surface area (Å²) in [5.41, 5.74) is 10.5. The summed E-state index contributed by atoms with van der Waals surface area (Å²) in [5, 5.41) is 5.38. The van der Waals surface area contributed by atoms with Gasteiger partial charge in [-0.3, -0.25) is 0 Å². The maximum Gasteiger partial charge on any atom is 4.00 e. The van der Waals surface area contributed by atoms with Crippen LogP contribution < -0.4 is 24.8 Å². The SMILES string of the molecule is C[Si]C.Cc1ccc(-c2cccc3[cH-]c(C)cc23)cc1.Cc1ccc(-c2cccc3[cH-]c(C)cc23)cc1.[Cl-].[Cl-].[Zr+4]. The molecule has 0 saturated carbocycles. The van der Waals surface area contributed by atoms with E-state index in [4.69, 9.17) is 0 Å². The van der Waals surface area contributed by atoms with E-state index in [-0.39, 0.29) is 51.0 Å². The zero-order valence-electron chi connectivity index (χ0n) is 24.1. The van der Waals surface area contributed by atoms with Crippen molar-refractivity contribution in [3.8, 4) is 22.3 Å². The summed E-state index contributed by atoms with van der Waals surface area (Å²) >= 11 is 0. The molecule has 6 aromatic carbocycles. The van der Waals surface area contributed by atoms with Gasteiger partial charge in [-0.2, -0.15) is 12.1 Å². The molecule has 4 heteroatoms. The van der Waals surface area contributed by atoms with E-state index >= 15 is 0 Å². The molecule has 0 aromatic heterocycles. The molecule has 0 bridgehead atoms. The number of benzene rings is 4. The van der Waals surface area contributed by atoms with Crippen molar-refractivity contribution in [3.63, 3.8) is 0 Å². The fourth-order valence-electron chi connectivity index (χ4n) is 4.74. The second-order valence-electron chi connectivity index (χ2n) is 9.91. The maximum absolute atomic E-state index is 2.27. The quantitative estimate of drug-likeness (QED) is 0.190. The Morgan fingerprint density at radius 2 is 0.825 bits per heavy atom. The zero-order chi connectivity index (χ0) is 26.4. The van der Waals surface area contributed by atoms with Crippen LogP contribution in [0.4, 0.5) is 0 Å². The normalized spacial score (nSPS) is 9.75. The monoisotopic (exact) mass is 656 g/mol.